The van der Waals surface area contributed by atoms with Crippen molar-refractivity contribution in [1.29, 1.82) is 0 Å². The largest absolute Gasteiger partial charge is 1.00 e. The topological polar surface area (TPSA) is 18.5 Å². The number of halogens is 1. The number of benzene rings is 1. The first-order valence-electron chi connectivity index (χ1n) is 3.75. The Balaban J connectivity index is 0.000000720. The van der Waals surface area contributed by atoms with Gasteiger partial charge < -0.3 is 21.9 Å². The maximum Gasteiger partial charge on any atom is 1.00 e. The van der Waals surface area contributed by atoms with Crippen molar-refractivity contribution in [1.82, 2.24) is 0 Å². The fourth-order valence-corrected chi connectivity index (χ4v) is 1.12. The van der Waals surface area contributed by atoms with Gasteiger partial charge >= 0.3 is 29.6 Å². The fraction of sp³-hybridized carbons (Fsp3) is 0.333. The molecule has 1 aromatic carbocycles. The van der Waals surface area contributed by atoms with Crippen LogP contribution in [0.4, 0.5) is 0 Å². The van der Waals surface area contributed by atoms with Gasteiger partial charge in [0, 0.05) is 0 Å². The molecular weight excluding hydrogens is 199 g/mol. The molecule has 66 valence electrons. The van der Waals surface area contributed by atoms with Gasteiger partial charge in [-0.1, -0.05) is 12.1 Å². The molecule has 13 heavy (non-hydrogen) atoms. The van der Waals surface area contributed by atoms with Crippen LogP contribution in [0.2, 0.25) is 0 Å². The zero-order valence-electron chi connectivity index (χ0n) is 7.79. The summed E-state index contributed by atoms with van der Waals surface area (Å²) in [6.45, 7) is 2.65. The Bertz CT molecular complexity index is 268. The van der Waals surface area contributed by atoms with Gasteiger partial charge in [0.05, 0.1) is 0 Å². The van der Waals surface area contributed by atoms with E-state index in [1.807, 2.05) is 31.2 Å². The summed E-state index contributed by atoms with van der Waals surface area (Å²) < 4.78 is 10.9. The molecular formula is C9H10ClNaO2. The molecule has 2 nitrogen and oxygen atoms in total. The number of rotatable bonds is 0. The Morgan fingerprint density at radius 2 is 1.85 bits per heavy atom. The standard InChI is InChI=1S/C9H10O2.ClH.Na/c1-7-6-10-8-4-2-3-5-9(8)11-7;;/h2-5,7H,6H2,1H3;1H;/q;;+1/p-1. The molecule has 1 heterocycles. The first kappa shape index (κ1) is 13.1. The van der Waals surface area contributed by atoms with Gasteiger partial charge in [-0.3, -0.25) is 0 Å². The van der Waals surface area contributed by atoms with Crippen molar-refractivity contribution >= 4 is 0 Å². The van der Waals surface area contributed by atoms with E-state index in [1.165, 1.54) is 0 Å². The zero-order chi connectivity index (χ0) is 7.68. The van der Waals surface area contributed by atoms with Crippen molar-refractivity contribution in [3.05, 3.63) is 24.3 Å². The van der Waals surface area contributed by atoms with E-state index >= 15 is 0 Å². The number of ether oxygens (including phenoxy) is 2. The van der Waals surface area contributed by atoms with Gasteiger partial charge in [-0.05, 0) is 19.1 Å². The van der Waals surface area contributed by atoms with Crippen LogP contribution in [-0.2, 0) is 0 Å². The van der Waals surface area contributed by atoms with E-state index in [1.54, 1.807) is 0 Å². The van der Waals surface area contributed by atoms with Gasteiger partial charge in [-0.15, -0.1) is 0 Å². The summed E-state index contributed by atoms with van der Waals surface area (Å²) in [5.41, 5.74) is 0. The summed E-state index contributed by atoms with van der Waals surface area (Å²) in [6, 6.07) is 7.73. The van der Waals surface area contributed by atoms with Crippen LogP contribution >= 0.6 is 0 Å². The van der Waals surface area contributed by atoms with E-state index in [9.17, 15) is 0 Å². The van der Waals surface area contributed by atoms with Crippen LogP contribution in [0, 0.1) is 0 Å². The summed E-state index contributed by atoms with van der Waals surface area (Å²) in [4.78, 5) is 0. The van der Waals surface area contributed by atoms with Crippen molar-refractivity contribution in [3.8, 4) is 11.5 Å². The average molecular weight is 209 g/mol. The van der Waals surface area contributed by atoms with E-state index in [2.05, 4.69) is 0 Å². The molecule has 0 fully saturated rings. The fourth-order valence-electron chi connectivity index (χ4n) is 1.12. The van der Waals surface area contributed by atoms with Crippen molar-refractivity contribution < 1.29 is 51.4 Å². The molecule has 4 heteroatoms. The van der Waals surface area contributed by atoms with Gasteiger partial charge in [0.2, 0.25) is 0 Å². The second-order valence-electron chi connectivity index (χ2n) is 2.69. The normalized spacial score (nSPS) is 18.1. The Labute approximate surface area is 106 Å². The monoisotopic (exact) mass is 208 g/mol. The molecule has 0 amide bonds. The molecule has 0 saturated heterocycles. The number of fused-ring (bicyclic) bond motifs is 1. The zero-order valence-corrected chi connectivity index (χ0v) is 10.5. The number of para-hydroxylation sites is 2. The average Bonchev–Trinajstić information content (AvgIpc) is 2.04. The van der Waals surface area contributed by atoms with Gasteiger partial charge in [-0.25, -0.2) is 0 Å². The molecule has 2 rings (SSSR count). The summed E-state index contributed by atoms with van der Waals surface area (Å²) in [5.74, 6) is 1.71. The summed E-state index contributed by atoms with van der Waals surface area (Å²) in [5, 5.41) is 0. The molecule has 0 spiro atoms. The van der Waals surface area contributed by atoms with Crippen LogP contribution in [0.1, 0.15) is 6.92 Å². The van der Waals surface area contributed by atoms with Crippen LogP contribution in [-0.4, -0.2) is 12.7 Å². The minimum atomic E-state index is 0. The molecule has 0 aliphatic carbocycles. The van der Waals surface area contributed by atoms with E-state index in [-0.39, 0.29) is 48.1 Å². The van der Waals surface area contributed by atoms with Gasteiger partial charge in [0.1, 0.15) is 12.7 Å². The second-order valence-corrected chi connectivity index (χ2v) is 2.69. The van der Waals surface area contributed by atoms with Gasteiger partial charge in [-0.2, -0.15) is 0 Å². The Morgan fingerprint density at radius 3 is 2.54 bits per heavy atom. The molecule has 1 atom stereocenters. The maximum atomic E-state index is 5.51. The predicted octanol–water partition coefficient (Wildman–Crippen LogP) is -4.15. The Kier molecular flexibility index (Phi) is 5.81. The smallest absolute Gasteiger partial charge is 1.00 e. The molecule has 1 aromatic rings. The van der Waals surface area contributed by atoms with Crippen LogP contribution in [0.5, 0.6) is 11.5 Å². The van der Waals surface area contributed by atoms with Crippen LogP contribution < -0.4 is 51.4 Å². The van der Waals surface area contributed by atoms with Crippen molar-refractivity contribution in [2.75, 3.05) is 6.61 Å². The van der Waals surface area contributed by atoms with E-state index in [0.29, 0.717) is 6.61 Å². The molecule has 0 aromatic heterocycles. The van der Waals surface area contributed by atoms with E-state index in [4.69, 9.17) is 9.47 Å². The molecule has 0 N–H and O–H groups in total. The Hall–Kier alpha value is 0.110. The molecule has 1 unspecified atom stereocenters. The third-order valence-electron chi connectivity index (χ3n) is 1.65. The molecule has 0 radical (unpaired) electrons. The molecule has 1 aliphatic rings. The third kappa shape index (κ3) is 3.06. The molecule has 1 aliphatic heterocycles. The number of hydrogen-bond acceptors (Lipinski definition) is 2. The van der Waals surface area contributed by atoms with Crippen molar-refractivity contribution in [2.45, 2.75) is 13.0 Å². The van der Waals surface area contributed by atoms with Crippen molar-refractivity contribution in [3.63, 3.8) is 0 Å². The van der Waals surface area contributed by atoms with Crippen LogP contribution in [0.25, 0.3) is 0 Å². The number of hydrogen-bond donors (Lipinski definition) is 0. The predicted molar refractivity (Wildman–Crippen MR) is 42.0 cm³/mol. The second kappa shape index (κ2) is 5.76. The minimum absolute atomic E-state index is 0. The van der Waals surface area contributed by atoms with E-state index in [0.717, 1.165) is 11.5 Å². The quantitative estimate of drug-likeness (QED) is 0.403. The van der Waals surface area contributed by atoms with Gasteiger partial charge in [0.15, 0.2) is 11.5 Å². The maximum absolute atomic E-state index is 5.51. The first-order valence-corrected chi connectivity index (χ1v) is 3.75. The third-order valence-corrected chi connectivity index (χ3v) is 1.65. The summed E-state index contributed by atoms with van der Waals surface area (Å²) in [7, 11) is 0. The van der Waals surface area contributed by atoms with Gasteiger partial charge in [0.25, 0.3) is 0 Å². The van der Waals surface area contributed by atoms with Crippen LogP contribution in [0.15, 0.2) is 24.3 Å². The summed E-state index contributed by atoms with van der Waals surface area (Å²) >= 11 is 0. The van der Waals surface area contributed by atoms with Crippen molar-refractivity contribution in [2.24, 2.45) is 0 Å². The van der Waals surface area contributed by atoms with E-state index < -0.39 is 0 Å². The molecule has 0 saturated carbocycles. The van der Waals surface area contributed by atoms with Crippen LogP contribution in [0.3, 0.4) is 0 Å². The minimum Gasteiger partial charge on any atom is -1.00 e. The summed E-state index contributed by atoms with van der Waals surface area (Å²) in [6.07, 6.45) is 0.171. The SMILES string of the molecule is CC1COc2ccccc2O1.[Cl-].[Na+]. The molecule has 0 bridgehead atoms. The Morgan fingerprint density at radius 1 is 1.23 bits per heavy atom. The first-order chi connectivity index (χ1) is 5.36.